The summed E-state index contributed by atoms with van der Waals surface area (Å²) in [6, 6.07) is 3.94. The Morgan fingerprint density at radius 1 is 1.00 bits per heavy atom. The van der Waals surface area contributed by atoms with E-state index in [4.69, 9.17) is 4.43 Å². The Bertz CT molecular complexity index is 117. The first-order valence-corrected chi connectivity index (χ1v) is 8.62. The molecule has 0 saturated heterocycles. The molecule has 0 aromatic rings. The molecule has 0 N–H and O–H groups in total. The average Bonchev–Trinajstić information content (AvgIpc) is 2.22. The van der Waals surface area contributed by atoms with E-state index in [9.17, 15) is 0 Å². The van der Waals surface area contributed by atoms with Gasteiger partial charge in [0.2, 0.25) is 0 Å². The van der Waals surface area contributed by atoms with Crippen molar-refractivity contribution in [3.05, 3.63) is 6.92 Å². The Hall–Kier alpha value is 0.177. The molecule has 0 rings (SSSR count). The van der Waals surface area contributed by atoms with Crippen molar-refractivity contribution in [3.8, 4) is 0 Å². The summed E-state index contributed by atoms with van der Waals surface area (Å²) >= 11 is 0. The predicted octanol–water partition coefficient (Wildman–Crippen LogP) is 4.40. The third kappa shape index (κ3) is 5.16. The van der Waals surface area contributed by atoms with Crippen LogP contribution >= 0.6 is 0 Å². The standard InChI is InChI=1S/C12H27OSi/c1-5-8-11-14(13-4,10-7-3)12-9-6-2/h3,5-12H2,1-2,4H3. The highest BCUT2D eigenvalue weighted by atomic mass is 28.4. The fourth-order valence-corrected chi connectivity index (χ4v) is 6.00. The summed E-state index contributed by atoms with van der Waals surface area (Å²) in [4.78, 5) is 0. The molecule has 0 aliphatic heterocycles. The first kappa shape index (κ1) is 14.2. The van der Waals surface area contributed by atoms with Gasteiger partial charge in [-0.15, -0.1) is 0 Å². The molecule has 0 heterocycles. The summed E-state index contributed by atoms with van der Waals surface area (Å²) < 4.78 is 5.88. The molecule has 0 aliphatic carbocycles. The fraction of sp³-hybridized carbons (Fsp3) is 0.917. The summed E-state index contributed by atoms with van der Waals surface area (Å²) in [7, 11) is 0.550. The van der Waals surface area contributed by atoms with Crippen LogP contribution in [0.3, 0.4) is 0 Å². The van der Waals surface area contributed by atoms with E-state index in [0.29, 0.717) is 0 Å². The predicted molar refractivity (Wildman–Crippen MR) is 67.0 cm³/mol. The van der Waals surface area contributed by atoms with E-state index >= 15 is 0 Å². The second-order valence-electron chi connectivity index (χ2n) is 4.20. The number of rotatable bonds is 9. The molecule has 0 saturated carbocycles. The van der Waals surface area contributed by atoms with E-state index in [1.807, 2.05) is 7.11 Å². The zero-order valence-corrected chi connectivity index (χ0v) is 11.3. The maximum atomic E-state index is 5.88. The van der Waals surface area contributed by atoms with Gasteiger partial charge in [0.25, 0.3) is 0 Å². The normalized spacial score (nSPS) is 12.0. The van der Waals surface area contributed by atoms with Crippen LogP contribution in [0.2, 0.25) is 18.1 Å². The Balaban J connectivity index is 4.11. The quantitative estimate of drug-likeness (QED) is 0.518. The van der Waals surface area contributed by atoms with E-state index < -0.39 is 8.32 Å². The second-order valence-corrected chi connectivity index (χ2v) is 8.47. The van der Waals surface area contributed by atoms with Gasteiger partial charge in [-0.25, -0.2) is 0 Å². The summed E-state index contributed by atoms with van der Waals surface area (Å²) in [5, 5.41) is 0. The Labute approximate surface area is 91.4 Å². The van der Waals surface area contributed by atoms with Crippen LogP contribution in [0, 0.1) is 6.92 Å². The summed E-state index contributed by atoms with van der Waals surface area (Å²) in [5.74, 6) is 0. The van der Waals surface area contributed by atoms with Gasteiger partial charge in [0.1, 0.15) is 0 Å². The van der Waals surface area contributed by atoms with Gasteiger partial charge in [0, 0.05) is 7.11 Å². The SMILES string of the molecule is [CH2]CC[Si](CCCC)(CCCC)OC. The third-order valence-corrected chi connectivity index (χ3v) is 7.70. The minimum Gasteiger partial charge on any atom is -0.420 e. The molecule has 0 fully saturated rings. The molecule has 14 heavy (non-hydrogen) atoms. The van der Waals surface area contributed by atoms with Gasteiger partial charge in [0.15, 0.2) is 8.32 Å². The highest BCUT2D eigenvalue weighted by molar-refractivity contribution is 6.73. The minimum absolute atomic E-state index is 1.05. The monoisotopic (exact) mass is 215 g/mol. The third-order valence-electron chi connectivity index (χ3n) is 3.04. The van der Waals surface area contributed by atoms with Crippen molar-refractivity contribution in [2.24, 2.45) is 0 Å². The van der Waals surface area contributed by atoms with Crippen LogP contribution in [0.5, 0.6) is 0 Å². The Morgan fingerprint density at radius 3 is 1.79 bits per heavy atom. The van der Waals surface area contributed by atoms with Crippen molar-refractivity contribution in [3.63, 3.8) is 0 Å². The molecular weight excluding hydrogens is 188 g/mol. The van der Waals surface area contributed by atoms with Gasteiger partial charge >= 0.3 is 0 Å². The molecule has 0 bridgehead atoms. The van der Waals surface area contributed by atoms with Crippen molar-refractivity contribution in [2.45, 2.75) is 64.1 Å². The van der Waals surface area contributed by atoms with E-state index in [1.165, 1.54) is 43.8 Å². The van der Waals surface area contributed by atoms with Gasteiger partial charge in [-0.2, -0.15) is 0 Å². The Morgan fingerprint density at radius 2 is 1.50 bits per heavy atom. The van der Waals surface area contributed by atoms with E-state index in [2.05, 4.69) is 20.8 Å². The van der Waals surface area contributed by atoms with Crippen molar-refractivity contribution in [1.82, 2.24) is 0 Å². The molecule has 0 unspecified atom stereocenters. The largest absolute Gasteiger partial charge is 0.420 e. The van der Waals surface area contributed by atoms with Gasteiger partial charge < -0.3 is 4.43 Å². The van der Waals surface area contributed by atoms with Crippen molar-refractivity contribution in [1.29, 1.82) is 0 Å². The highest BCUT2D eigenvalue weighted by Gasteiger charge is 2.31. The molecule has 85 valence electrons. The second kappa shape index (κ2) is 8.48. The zero-order valence-electron chi connectivity index (χ0n) is 10.3. The maximum Gasteiger partial charge on any atom is 0.192 e. The fourth-order valence-electron chi connectivity index (χ4n) is 2.00. The topological polar surface area (TPSA) is 9.23 Å². The molecule has 0 aromatic heterocycles. The Kier molecular flexibility index (Phi) is 8.59. The van der Waals surface area contributed by atoms with Crippen LogP contribution < -0.4 is 0 Å². The lowest BCUT2D eigenvalue weighted by atomic mass is 10.4. The molecule has 2 heteroatoms. The van der Waals surface area contributed by atoms with E-state index in [-0.39, 0.29) is 0 Å². The van der Waals surface area contributed by atoms with Crippen LogP contribution in [-0.4, -0.2) is 15.4 Å². The van der Waals surface area contributed by atoms with E-state index in [0.717, 1.165) is 6.42 Å². The molecule has 1 radical (unpaired) electrons. The van der Waals surface area contributed by atoms with Gasteiger partial charge in [-0.1, -0.05) is 52.9 Å². The molecule has 0 aliphatic rings. The van der Waals surface area contributed by atoms with Gasteiger partial charge in [-0.05, 0) is 18.1 Å². The molecule has 0 amide bonds. The molecule has 0 spiro atoms. The lowest BCUT2D eigenvalue weighted by molar-refractivity contribution is 0.384. The van der Waals surface area contributed by atoms with Crippen molar-refractivity contribution in [2.75, 3.05) is 7.11 Å². The first-order chi connectivity index (χ1) is 6.74. The van der Waals surface area contributed by atoms with Crippen LogP contribution in [0.1, 0.15) is 46.0 Å². The zero-order chi connectivity index (χ0) is 10.9. The van der Waals surface area contributed by atoms with Crippen molar-refractivity contribution >= 4 is 8.32 Å². The van der Waals surface area contributed by atoms with Crippen LogP contribution in [0.15, 0.2) is 0 Å². The molecule has 0 aromatic carbocycles. The summed E-state index contributed by atoms with van der Waals surface area (Å²) in [5.41, 5.74) is 0. The number of hydrogen-bond acceptors (Lipinski definition) is 1. The number of hydrogen-bond donors (Lipinski definition) is 0. The van der Waals surface area contributed by atoms with Crippen LogP contribution in [0.4, 0.5) is 0 Å². The van der Waals surface area contributed by atoms with Crippen LogP contribution in [-0.2, 0) is 4.43 Å². The molecule has 0 atom stereocenters. The summed E-state index contributed by atoms with van der Waals surface area (Å²) in [6.07, 6.45) is 6.31. The molecular formula is C12H27OSi. The average molecular weight is 215 g/mol. The number of unbranched alkanes of at least 4 members (excludes halogenated alkanes) is 2. The van der Waals surface area contributed by atoms with Crippen molar-refractivity contribution < 1.29 is 4.43 Å². The first-order valence-electron chi connectivity index (χ1n) is 6.09. The highest BCUT2D eigenvalue weighted by Crippen LogP contribution is 2.27. The van der Waals surface area contributed by atoms with Gasteiger partial charge in [0.05, 0.1) is 0 Å². The smallest absolute Gasteiger partial charge is 0.192 e. The summed E-state index contributed by atoms with van der Waals surface area (Å²) in [6.45, 7) is 8.51. The minimum atomic E-state index is -1.37. The van der Waals surface area contributed by atoms with E-state index in [1.54, 1.807) is 0 Å². The van der Waals surface area contributed by atoms with Crippen LogP contribution in [0.25, 0.3) is 0 Å². The van der Waals surface area contributed by atoms with Gasteiger partial charge in [-0.3, -0.25) is 0 Å². The lowest BCUT2D eigenvalue weighted by Gasteiger charge is -2.29. The molecule has 1 nitrogen and oxygen atoms in total. The lowest BCUT2D eigenvalue weighted by Crippen LogP contribution is -2.36. The maximum absolute atomic E-state index is 5.88.